The van der Waals surface area contributed by atoms with Crippen LogP contribution >= 0.6 is 0 Å². The zero-order chi connectivity index (χ0) is 9.31. The first-order valence-electron chi connectivity index (χ1n) is 6.05. The van der Waals surface area contributed by atoms with E-state index in [0.717, 1.165) is 6.04 Å². The molecule has 0 aliphatic carbocycles. The molecule has 1 nitrogen and oxygen atoms in total. The fourth-order valence-corrected chi connectivity index (χ4v) is 3.45. The van der Waals surface area contributed by atoms with Crippen molar-refractivity contribution >= 4 is 0 Å². The van der Waals surface area contributed by atoms with Crippen LogP contribution < -0.4 is 0 Å². The molecule has 0 bridgehead atoms. The van der Waals surface area contributed by atoms with E-state index >= 15 is 0 Å². The Morgan fingerprint density at radius 3 is 3.00 bits per heavy atom. The van der Waals surface area contributed by atoms with Crippen LogP contribution in [0.4, 0.5) is 0 Å². The average molecular weight is 181 g/mol. The average Bonchev–Trinajstić information content (AvgIpc) is 2.65. The molecule has 76 valence electrons. The highest BCUT2D eigenvalue weighted by Gasteiger charge is 2.46. The maximum atomic E-state index is 2.81. The van der Waals surface area contributed by atoms with Gasteiger partial charge >= 0.3 is 0 Å². The van der Waals surface area contributed by atoms with Gasteiger partial charge in [0.2, 0.25) is 0 Å². The Balaban J connectivity index is 2.02. The fourth-order valence-electron chi connectivity index (χ4n) is 3.45. The van der Waals surface area contributed by atoms with E-state index < -0.39 is 0 Å². The van der Waals surface area contributed by atoms with Crippen LogP contribution in [-0.4, -0.2) is 23.0 Å². The highest BCUT2D eigenvalue weighted by molar-refractivity contribution is 5.02. The molecule has 2 atom stereocenters. The smallest absolute Gasteiger partial charge is 0.0213 e. The van der Waals surface area contributed by atoms with Crippen LogP contribution in [0.15, 0.2) is 0 Å². The molecule has 2 saturated heterocycles. The van der Waals surface area contributed by atoms with Gasteiger partial charge in [-0.1, -0.05) is 19.8 Å². The van der Waals surface area contributed by atoms with Crippen molar-refractivity contribution < 1.29 is 0 Å². The summed E-state index contributed by atoms with van der Waals surface area (Å²) in [7, 11) is 0. The second kappa shape index (κ2) is 3.61. The second-order valence-electron chi connectivity index (χ2n) is 5.01. The van der Waals surface area contributed by atoms with Gasteiger partial charge in [-0.05, 0) is 45.6 Å². The predicted molar refractivity (Wildman–Crippen MR) is 56.9 cm³/mol. The first kappa shape index (κ1) is 9.51. The monoisotopic (exact) mass is 181 g/mol. The Hall–Kier alpha value is -0.0400. The number of rotatable bonds is 3. The summed E-state index contributed by atoms with van der Waals surface area (Å²) in [5.41, 5.74) is 0.662. The molecule has 13 heavy (non-hydrogen) atoms. The Kier molecular flexibility index (Phi) is 2.64. The highest BCUT2D eigenvalue weighted by Crippen LogP contribution is 2.45. The van der Waals surface area contributed by atoms with Crippen molar-refractivity contribution in [3.8, 4) is 0 Å². The Morgan fingerprint density at radius 2 is 2.23 bits per heavy atom. The van der Waals surface area contributed by atoms with Crippen molar-refractivity contribution in [2.45, 2.75) is 70.4 Å². The quantitative estimate of drug-likeness (QED) is 0.646. The van der Waals surface area contributed by atoms with Gasteiger partial charge < -0.3 is 0 Å². The van der Waals surface area contributed by atoms with Crippen molar-refractivity contribution in [3.63, 3.8) is 0 Å². The molecule has 0 radical (unpaired) electrons. The lowest BCUT2D eigenvalue weighted by Gasteiger charge is -2.34. The fraction of sp³-hybridized carbons (Fsp3) is 1.00. The summed E-state index contributed by atoms with van der Waals surface area (Å²) in [6, 6.07) is 0.874. The third-order valence-electron chi connectivity index (χ3n) is 4.21. The van der Waals surface area contributed by atoms with Gasteiger partial charge in [-0.25, -0.2) is 0 Å². The molecule has 0 aromatic carbocycles. The lowest BCUT2D eigenvalue weighted by Crippen LogP contribution is -2.41. The molecular weight excluding hydrogens is 158 g/mol. The Labute approximate surface area is 82.5 Å². The van der Waals surface area contributed by atoms with Gasteiger partial charge in [-0.2, -0.15) is 0 Å². The van der Waals surface area contributed by atoms with E-state index in [1.165, 1.54) is 51.5 Å². The minimum atomic E-state index is 0.662. The second-order valence-corrected chi connectivity index (χ2v) is 5.01. The van der Waals surface area contributed by atoms with Crippen LogP contribution in [0.3, 0.4) is 0 Å². The number of unbranched alkanes of at least 4 members (excludes halogenated alkanes) is 1. The molecule has 2 rings (SSSR count). The van der Waals surface area contributed by atoms with Crippen molar-refractivity contribution in [2.75, 3.05) is 6.54 Å². The van der Waals surface area contributed by atoms with E-state index in [0.29, 0.717) is 5.54 Å². The Morgan fingerprint density at radius 1 is 1.38 bits per heavy atom. The third-order valence-corrected chi connectivity index (χ3v) is 4.21. The van der Waals surface area contributed by atoms with Gasteiger partial charge in [0, 0.05) is 11.6 Å². The van der Waals surface area contributed by atoms with Crippen molar-refractivity contribution in [1.82, 2.24) is 4.90 Å². The molecule has 0 aromatic heterocycles. The summed E-state index contributed by atoms with van der Waals surface area (Å²) >= 11 is 0. The third kappa shape index (κ3) is 1.52. The highest BCUT2D eigenvalue weighted by atomic mass is 15.3. The molecule has 0 unspecified atom stereocenters. The van der Waals surface area contributed by atoms with Gasteiger partial charge in [0.15, 0.2) is 0 Å². The topological polar surface area (TPSA) is 3.24 Å². The molecule has 2 aliphatic rings. The maximum Gasteiger partial charge on any atom is 0.0213 e. The minimum Gasteiger partial charge on any atom is -0.295 e. The summed E-state index contributed by atoms with van der Waals surface area (Å²) in [6.45, 7) is 6.11. The summed E-state index contributed by atoms with van der Waals surface area (Å²) < 4.78 is 0. The zero-order valence-corrected chi connectivity index (χ0v) is 9.18. The lowest BCUT2D eigenvalue weighted by atomic mass is 9.88. The van der Waals surface area contributed by atoms with Crippen LogP contribution in [-0.2, 0) is 0 Å². The summed E-state index contributed by atoms with van der Waals surface area (Å²) in [5, 5.41) is 0. The number of hydrogen-bond acceptors (Lipinski definition) is 1. The molecular formula is C12H23N. The van der Waals surface area contributed by atoms with Crippen LogP contribution in [0.5, 0.6) is 0 Å². The number of nitrogens with zero attached hydrogens (tertiary/aromatic N) is 1. The lowest BCUT2D eigenvalue weighted by molar-refractivity contribution is 0.145. The van der Waals surface area contributed by atoms with E-state index in [1.807, 2.05) is 0 Å². The van der Waals surface area contributed by atoms with Gasteiger partial charge in [0.1, 0.15) is 0 Å². The molecule has 2 heterocycles. The molecule has 0 N–H and O–H groups in total. The van der Waals surface area contributed by atoms with Crippen LogP contribution in [0.1, 0.15) is 58.8 Å². The van der Waals surface area contributed by atoms with E-state index in [-0.39, 0.29) is 0 Å². The summed E-state index contributed by atoms with van der Waals surface area (Å²) in [5.74, 6) is 0. The van der Waals surface area contributed by atoms with Crippen molar-refractivity contribution in [2.24, 2.45) is 0 Å². The zero-order valence-electron chi connectivity index (χ0n) is 9.18. The van der Waals surface area contributed by atoms with Crippen LogP contribution in [0.25, 0.3) is 0 Å². The molecule has 0 saturated carbocycles. The van der Waals surface area contributed by atoms with Gasteiger partial charge in [0.05, 0.1) is 0 Å². The first-order valence-corrected chi connectivity index (χ1v) is 6.05. The molecule has 2 aliphatic heterocycles. The largest absolute Gasteiger partial charge is 0.295 e. The number of fused-ring (bicyclic) bond motifs is 1. The van der Waals surface area contributed by atoms with Crippen molar-refractivity contribution in [1.29, 1.82) is 0 Å². The molecule has 1 heteroatoms. The maximum absolute atomic E-state index is 2.81. The SMILES string of the molecule is CCCC[C@@]12CCCN1[C@@H](C)CC2. The van der Waals surface area contributed by atoms with E-state index in [4.69, 9.17) is 0 Å². The molecule has 2 fully saturated rings. The molecule has 0 spiro atoms. The summed E-state index contributed by atoms with van der Waals surface area (Å²) in [4.78, 5) is 2.81. The first-order chi connectivity index (χ1) is 6.28. The minimum absolute atomic E-state index is 0.662. The normalized spacial score (nSPS) is 39.7. The van der Waals surface area contributed by atoms with Gasteiger partial charge in [-0.3, -0.25) is 4.90 Å². The van der Waals surface area contributed by atoms with Crippen molar-refractivity contribution in [3.05, 3.63) is 0 Å². The van der Waals surface area contributed by atoms with E-state index in [1.54, 1.807) is 0 Å². The predicted octanol–water partition coefficient (Wildman–Crippen LogP) is 3.19. The van der Waals surface area contributed by atoms with Crippen LogP contribution in [0, 0.1) is 0 Å². The van der Waals surface area contributed by atoms with E-state index in [9.17, 15) is 0 Å². The standard InChI is InChI=1S/C12H23N/c1-3-4-7-12-8-5-10-13(12)11(2)6-9-12/h11H,3-10H2,1-2H3/t11-,12-/m0/s1. The van der Waals surface area contributed by atoms with Crippen LogP contribution in [0.2, 0.25) is 0 Å². The summed E-state index contributed by atoms with van der Waals surface area (Å²) in [6.07, 6.45) is 10.1. The van der Waals surface area contributed by atoms with Gasteiger partial charge in [-0.15, -0.1) is 0 Å². The number of hydrogen-bond donors (Lipinski definition) is 0. The molecule has 0 aromatic rings. The van der Waals surface area contributed by atoms with Gasteiger partial charge in [0.25, 0.3) is 0 Å². The molecule has 0 amide bonds. The van der Waals surface area contributed by atoms with E-state index in [2.05, 4.69) is 18.7 Å². The Bertz CT molecular complexity index is 178.